The van der Waals surface area contributed by atoms with Crippen LogP contribution in [-0.4, -0.2) is 26.4 Å². The molecule has 0 spiro atoms. The van der Waals surface area contributed by atoms with Crippen LogP contribution in [0.5, 0.6) is 0 Å². The number of carbonyl (C=O) groups excluding carboxylic acids is 1. The minimum atomic E-state index is -0.301. The summed E-state index contributed by atoms with van der Waals surface area (Å²) < 4.78 is 10.1. The van der Waals surface area contributed by atoms with Gasteiger partial charge in [-0.3, -0.25) is 10.1 Å². The second kappa shape index (κ2) is 6.56. The molecule has 0 radical (unpaired) electrons. The van der Waals surface area contributed by atoms with E-state index >= 15 is 0 Å². The summed E-state index contributed by atoms with van der Waals surface area (Å²) in [4.78, 5) is 17.1. The Morgan fingerprint density at radius 3 is 2.81 bits per heavy atom. The first-order valence-electron chi connectivity index (χ1n) is 8.86. The molecule has 1 aliphatic carbocycles. The van der Waals surface area contributed by atoms with Gasteiger partial charge in [0.1, 0.15) is 17.1 Å². The van der Waals surface area contributed by atoms with Gasteiger partial charge in [-0.1, -0.05) is 31.1 Å². The molecule has 1 atom stereocenters. The molecule has 3 aromatic heterocycles. The third-order valence-electron chi connectivity index (χ3n) is 5.10. The van der Waals surface area contributed by atoms with E-state index in [9.17, 15) is 4.79 Å². The third-order valence-corrected chi connectivity index (χ3v) is 5.86. The van der Waals surface area contributed by atoms with Crippen molar-refractivity contribution in [2.75, 3.05) is 5.32 Å². The topological polar surface area (TPSA) is 107 Å². The van der Waals surface area contributed by atoms with Crippen LogP contribution in [0.1, 0.15) is 54.7 Å². The molecular formula is C18H21N5O3S. The smallest absolute Gasteiger partial charge is 0.279 e. The van der Waals surface area contributed by atoms with Crippen molar-refractivity contribution in [3.8, 4) is 11.4 Å². The number of carbonyl (C=O) groups is 1. The van der Waals surface area contributed by atoms with E-state index in [1.807, 2.05) is 0 Å². The number of nitrogens with one attached hydrogen (secondary N) is 1. The molecular weight excluding hydrogens is 366 g/mol. The molecule has 1 aliphatic rings. The summed E-state index contributed by atoms with van der Waals surface area (Å²) in [6.45, 7) is 8.48. The molecule has 3 aromatic rings. The lowest BCUT2D eigenvalue weighted by atomic mass is 9.71. The van der Waals surface area contributed by atoms with Crippen molar-refractivity contribution >= 4 is 22.4 Å². The van der Waals surface area contributed by atoms with Crippen molar-refractivity contribution in [3.63, 3.8) is 0 Å². The molecule has 4 rings (SSSR count). The van der Waals surface area contributed by atoms with Gasteiger partial charge in [0.05, 0.1) is 0 Å². The van der Waals surface area contributed by atoms with Crippen LogP contribution in [0.15, 0.2) is 14.5 Å². The Balaban J connectivity index is 1.53. The average molecular weight is 387 g/mol. The zero-order chi connectivity index (χ0) is 19.2. The Kier molecular flexibility index (Phi) is 4.33. The molecule has 8 nitrogen and oxygen atoms in total. The van der Waals surface area contributed by atoms with Crippen molar-refractivity contribution in [1.82, 2.24) is 20.5 Å². The molecule has 3 heterocycles. The number of nitrogens with zero attached hydrogens (tertiary/aromatic N) is 4. The van der Waals surface area contributed by atoms with Crippen LogP contribution >= 0.6 is 11.3 Å². The molecule has 9 heteroatoms. The maximum Gasteiger partial charge on any atom is 0.279 e. The van der Waals surface area contributed by atoms with Crippen molar-refractivity contribution in [1.29, 1.82) is 0 Å². The number of amides is 1. The van der Waals surface area contributed by atoms with Crippen LogP contribution in [0.25, 0.3) is 11.4 Å². The quantitative estimate of drug-likeness (QED) is 0.726. The molecule has 27 heavy (non-hydrogen) atoms. The first-order chi connectivity index (χ1) is 12.8. The number of fused-ring (bicyclic) bond motifs is 1. The van der Waals surface area contributed by atoms with E-state index in [0.29, 0.717) is 33.8 Å². The van der Waals surface area contributed by atoms with E-state index in [1.165, 1.54) is 11.3 Å². The number of thiazole rings is 1. The summed E-state index contributed by atoms with van der Waals surface area (Å²) in [5.41, 5.74) is 3.29. The standard InChI is InChI=1S/C18H21N5O3S/c1-9-14(23-26-21-9)12-8-27-17(19-12)20-16(24)15-11-7-10(18(2,3)4)5-6-13(11)25-22-15/h8,10H,5-7H2,1-4H3,(H,19,20,24)/t10-/m0/s1. The summed E-state index contributed by atoms with van der Waals surface area (Å²) in [5.74, 6) is 1.01. The van der Waals surface area contributed by atoms with E-state index in [4.69, 9.17) is 9.15 Å². The number of anilines is 1. The summed E-state index contributed by atoms with van der Waals surface area (Å²) >= 11 is 1.31. The van der Waals surface area contributed by atoms with Gasteiger partial charge in [0.2, 0.25) is 0 Å². The lowest BCUT2D eigenvalue weighted by Gasteiger charge is -2.33. The van der Waals surface area contributed by atoms with Gasteiger partial charge in [-0.25, -0.2) is 9.61 Å². The highest BCUT2D eigenvalue weighted by molar-refractivity contribution is 7.14. The molecule has 0 fully saturated rings. The zero-order valence-corrected chi connectivity index (χ0v) is 16.5. The van der Waals surface area contributed by atoms with E-state index < -0.39 is 0 Å². The Morgan fingerprint density at radius 2 is 2.11 bits per heavy atom. The lowest BCUT2D eigenvalue weighted by molar-refractivity contribution is 0.101. The minimum Gasteiger partial charge on any atom is -0.360 e. The molecule has 142 valence electrons. The normalized spacial score (nSPS) is 17.0. The highest BCUT2D eigenvalue weighted by Crippen LogP contribution is 2.38. The highest BCUT2D eigenvalue weighted by Gasteiger charge is 2.34. The minimum absolute atomic E-state index is 0.177. The fraction of sp³-hybridized carbons (Fsp3) is 0.500. The molecule has 0 aliphatic heterocycles. The summed E-state index contributed by atoms with van der Waals surface area (Å²) in [6.07, 6.45) is 2.67. The van der Waals surface area contributed by atoms with Gasteiger partial charge in [-0.2, -0.15) is 0 Å². The van der Waals surface area contributed by atoms with Gasteiger partial charge in [-0.05, 0) is 36.3 Å². The Bertz CT molecular complexity index is 981. The van der Waals surface area contributed by atoms with Gasteiger partial charge < -0.3 is 4.52 Å². The Hall–Kier alpha value is -2.55. The molecule has 0 unspecified atom stereocenters. The van der Waals surface area contributed by atoms with Crippen LogP contribution in [0.3, 0.4) is 0 Å². The van der Waals surface area contributed by atoms with Gasteiger partial charge in [0.15, 0.2) is 16.5 Å². The number of aryl methyl sites for hydroxylation is 2. The fourth-order valence-corrected chi connectivity index (χ4v) is 4.07. The largest absolute Gasteiger partial charge is 0.360 e. The van der Waals surface area contributed by atoms with E-state index in [1.54, 1.807) is 12.3 Å². The molecule has 0 aromatic carbocycles. The van der Waals surface area contributed by atoms with Gasteiger partial charge in [0, 0.05) is 17.4 Å². The fourth-order valence-electron chi connectivity index (χ4n) is 3.38. The molecule has 0 bridgehead atoms. The van der Waals surface area contributed by atoms with Gasteiger partial charge in [-0.15, -0.1) is 11.3 Å². The molecule has 0 saturated heterocycles. The van der Waals surface area contributed by atoms with Crippen molar-refractivity contribution in [3.05, 3.63) is 28.1 Å². The zero-order valence-electron chi connectivity index (χ0n) is 15.7. The second-order valence-electron chi connectivity index (χ2n) is 7.93. The predicted molar refractivity (Wildman–Crippen MR) is 99.6 cm³/mol. The van der Waals surface area contributed by atoms with Crippen LogP contribution in [-0.2, 0) is 12.8 Å². The maximum atomic E-state index is 12.8. The number of hydrogen-bond donors (Lipinski definition) is 1. The highest BCUT2D eigenvalue weighted by atomic mass is 32.1. The lowest BCUT2D eigenvalue weighted by Crippen LogP contribution is -2.27. The number of rotatable bonds is 3. The van der Waals surface area contributed by atoms with Crippen molar-refractivity contribution in [2.45, 2.75) is 47.0 Å². The first-order valence-corrected chi connectivity index (χ1v) is 9.74. The second-order valence-corrected chi connectivity index (χ2v) is 8.79. The van der Waals surface area contributed by atoms with E-state index in [2.05, 4.69) is 46.5 Å². The number of aromatic nitrogens is 4. The molecule has 1 N–H and O–H groups in total. The van der Waals surface area contributed by atoms with Crippen LogP contribution in [0.4, 0.5) is 5.13 Å². The van der Waals surface area contributed by atoms with Crippen LogP contribution < -0.4 is 5.32 Å². The molecule has 0 saturated carbocycles. The SMILES string of the molecule is Cc1nonc1-c1csc(NC(=O)c2noc3c2C[C@@H](C(C)(C)C)CC3)n1. The maximum absolute atomic E-state index is 12.8. The summed E-state index contributed by atoms with van der Waals surface area (Å²) in [7, 11) is 0. The predicted octanol–water partition coefficient (Wildman–Crippen LogP) is 3.89. The number of hydrogen-bond acceptors (Lipinski definition) is 8. The van der Waals surface area contributed by atoms with Gasteiger partial charge in [0.25, 0.3) is 5.91 Å². The van der Waals surface area contributed by atoms with Crippen LogP contribution in [0, 0.1) is 18.3 Å². The summed E-state index contributed by atoms with van der Waals surface area (Å²) in [6, 6.07) is 0. The average Bonchev–Trinajstić information content (AvgIpc) is 3.32. The van der Waals surface area contributed by atoms with E-state index in [0.717, 1.165) is 30.6 Å². The van der Waals surface area contributed by atoms with Crippen molar-refractivity contribution in [2.24, 2.45) is 11.3 Å². The van der Waals surface area contributed by atoms with Crippen molar-refractivity contribution < 1.29 is 13.9 Å². The Morgan fingerprint density at radius 1 is 1.30 bits per heavy atom. The third kappa shape index (κ3) is 3.39. The van der Waals surface area contributed by atoms with E-state index in [-0.39, 0.29) is 11.3 Å². The summed E-state index contributed by atoms with van der Waals surface area (Å²) in [5, 5.41) is 16.7. The monoisotopic (exact) mass is 387 g/mol. The molecule has 1 amide bonds. The van der Waals surface area contributed by atoms with Crippen LogP contribution in [0.2, 0.25) is 0 Å². The first kappa shape index (κ1) is 17.8. The van der Waals surface area contributed by atoms with Gasteiger partial charge >= 0.3 is 0 Å². The Labute approximate surface area is 160 Å².